The Labute approximate surface area is 169 Å². The SMILES string of the molecule is COc1ccc(OCCNC(=O)c2cc(-c3ccc4c(c3)CCCC4)on2)cc1. The maximum absolute atomic E-state index is 12.3. The predicted octanol–water partition coefficient (Wildman–Crippen LogP) is 4.04. The Kier molecular flexibility index (Phi) is 5.79. The molecule has 1 amide bonds. The van der Waals surface area contributed by atoms with E-state index in [-0.39, 0.29) is 11.6 Å². The summed E-state index contributed by atoms with van der Waals surface area (Å²) in [7, 11) is 1.62. The largest absolute Gasteiger partial charge is 0.497 e. The van der Waals surface area contributed by atoms with Gasteiger partial charge in [0.15, 0.2) is 11.5 Å². The molecule has 0 radical (unpaired) electrons. The molecule has 1 aliphatic carbocycles. The minimum Gasteiger partial charge on any atom is -0.497 e. The van der Waals surface area contributed by atoms with E-state index in [1.165, 1.54) is 24.0 Å². The van der Waals surface area contributed by atoms with Gasteiger partial charge in [0.1, 0.15) is 18.1 Å². The fraction of sp³-hybridized carbons (Fsp3) is 0.304. The number of fused-ring (bicyclic) bond motifs is 1. The number of hydrogen-bond donors (Lipinski definition) is 1. The van der Waals surface area contributed by atoms with Crippen molar-refractivity contribution in [1.29, 1.82) is 0 Å². The van der Waals surface area contributed by atoms with Crippen LogP contribution in [0.4, 0.5) is 0 Å². The second-order valence-corrected chi connectivity index (χ2v) is 7.05. The van der Waals surface area contributed by atoms with Crippen LogP contribution in [0.25, 0.3) is 11.3 Å². The van der Waals surface area contributed by atoms with Crippen molar-refractivity contribution in [3.8, 4) is 22.8 Å². The molecule has 1 N–H and O–H groups in total. The van der Waals surface area contributed by atoms with Gasteiger partial charge in [-0.15, -0.1) is 0 Å². The molecule has 6 nitrogen and oxygen atoms in total. The highest BCUT2D eigenvalue weighted by molar-refractivity contribution is 5.93. The van der Waals surface area contributed by atoms with E-state index >= 15 is 0 Å². The highest BCUT2D eigenvalue weighted by Gasteiger charge is 2.15. The van der Waals surface area contributed by atoms with Crippen LogP contribution in [-0.4, -0.2) is 31.3 Å². The molecule has 0 saturated carbocycles. The second kappa shape index (κ2) is 8.82. The fourth-order valence-corrected chi connectivity index (χ4v) is 3.50. The number of rotatable bonds is 7. The molecule has 6 heteroatoms. The number of hydrogen-bond acceptors (Lipinski definition) is 5. The van der Waals surface area contributed by atoms with Crippen LogP contribution < -0.4 is 14.8 Å². The van der Waals surface area contributed by atoms with Crippen molar-refractivity contribution >= 4 is 5.91 Å². The van der Waals surface area contributed by atoms with Crippen LogP contribution >= 0.6 is 0 Å². The lowest BCUT2D eigenvalue weighted by atomic mass is 9.90. The molecule has 0 aliphatic heterocycles. The normalized spacial score (nSPS) is 12.9. The highest BCUT2D eigenvalue weighted by atomic mass is 16.5. The Morgan fingerprint density at radius 2 is 1.79 bits per heavy atom. The summed E-state index contributed by atoms with van der Waals surface area (Å²) in [4.78, 5) is 12.3. The molecule has 0 atom stereocenters. The summed E-state index contributed by atoms with van der Waals surface area (Å²) in [5.74, 6) is 1.82. The first-order valence-electron chi connectivity index (χ1n) is 9.87. The van der Waals surface area contributed by atoms with Crippen molar-refractivity contribution in [2.24, 2.45) is 0 Å². The van der Waals surface area contributed by atoms with E-state index in [0.29, 0.717) is 18.9 Å². The summed E-state index contributed by atoms with van der Waals surface area (Å²) < 4.78 is 16.1. The maximum Gasteiger partial charge on any atom is 0.273 e. The van der Waals surface area contributed by atoms with Gasteiger partial charge in [0.25, 0.3) is 5.91 Å². The van der Waals surface area contributed by atoms with Crippen molar-refractivity contribution in [2.45, 2.75) is 25.7 Å². The zero-order valence-corrected chi connectivity index (χ0v) is 16.4. The number of carbonyl (C=O) groups excluding carboxylic acids is 1. The van der Waals surface area contributed by atoms with E-state index < -0.39 is 0 Å². The molecule has 0 saturated heterocycles. The van der Waals surface area contributed by atoms with E-state index in [4.69, 9.17) is 14.0 Å². The minimum atomic E-state index is -0.281. The van der Waals surface area contributed by atoms with Crippen molar-refractivity contribution in [3.63, 3.8) is 0 Å². The van der Waals surface area contributed by atoms with Crippen molar-refractivity contribution in [1.82, 2.24) is 10.5 Å². The first-order valence-corrected chi connectivity index (χ1v) is 9.87. The van der Waals surface area contributed by atoms with Crippen molar-refractivity contribution in [2.75, 3.05) is 20.3 Å². The number of aryl methyl sites for hydroxylation is 2. The molecule has 0 bridgehead atoms. The number of nitrogens with one attached hydrogen (secondary N) is 1. The molecule has 3 aromatic rings. The molecule has 1 aromatic heterocycles. The van der Waals surface area contributed by atoms with E-state index in [1.54, 1.807) is 13.2 Å². The number of ether oxygens (including phenoxy) is 2. The highest BCUT2D eigenvalue weighted by Crippen LogP contribution is 2.28. The number of benzene rings is 2. The monoisotopic (exact) mass is 392 g/mol. The predicted molar refractivity (Wildman–Crippen MR) is 109 cm³/mol. The van der Waals surface area contributed by atoms with Gasteiger partial charge in [-0.3, -0.25) is 4.79 Å². The summed E-state index contributed by atoms with van der Waals surface area (Å²) in [6.07, 6.45) is 4.71. The van der Waals surface area contributed by atoms with Gasteiger partial charge in [0.2, 0.25) is 0 Å². The standard InChI is InChI=1S/C23H24N2O4/c1-27-19-8-10-20(11-9-19)28-13-12-24-23(26)21-15-22(29-25-21)18-7-6-16-4-2-3-5-17(16)14-18/h6-11,14-15H,2-5,12-13H2,1H3,(H,24,26). The zero-order valence-electron chi connectivity index (χ0n) is 16.4. The van der Waals surface area contributed by atoms with Gasteiger partial charge in [0.05, 0.1) is 13.7 Å². The fourth-order valence-electron chi connectivity index (χ4n) is 3.50. The minimum absolute atomic E-state index is 0.266. The number of methoxy groups -OCH3 is 1. The third-order valence-corrected chi connectivity index (χ3v) is 5.09. The van der Waals surface area contributed by atoms with E-state index in [0.717, 1.165) is 29.9 Å². The summed E-state index contributed by atoms with van der Waals surface area (Å²) in [5, 5.41) is 6.71. The Bertz CT molecular complexity index is 979. The van der Waals surface area contributed by atoms with Gasteiger partial charge >= 0.3 is 0 Å². The van der Waals surface area contributed by atoms with Gasteiger partial charge in [-0.1, -0.05) is 17.3 Å². The Morgan fingerprint density at radius 1 is 1.03 bits per heavy atom. The van der Waals surface area contributed by atoms with Crippen LogP contribution in [0.5, 0.6) is 11.5 Å². The van der Waals surface area contributed by atoms with E-state index in [1.807, 2.05) is 30.3 Å². The second-order valence-electron chi connectivity index (χ2n) is 7.05. The van der Waals surface area contributed by atoms with Crippen LogP contribution in [0.2, 0.25) is 0 Å². The van der Waals surface area contributed by atoms with Gasteiger partial charge in [-0.25, -0.2) is 0 Å². The average molecular weight is 392 g/mol. The molecule has 0 spiro atoms. The van der Waals surface area contributed by atoms with Gasteiger partial charge in [-0.05, 0) is 67.1 Å². The first-order chi connectivity index (χ1) is 14.2. The average Bonchev–Trinajstić information content (AvgIpc) is 3.27. The van der Waals surface area contributed by atoms with E-state index in [2.05, 4.69) is 22.6 Å². The first kappa shape index (κ1) is 19.1. The van der Waals surface area contributed by atoms with Crippen LogP contribution in [0.15, 0.2) is 53.1 Å². The Balaban J connectivity index is 1.30. The van der Waals surface area contributed by atoms with E-state index in [9.17, 15) is 4.79 Å². The molecule has 1 aliphatic rings. The molecule has 1 heterocycles. The molecule has 4 rings (SSSR count). The number of nitrogens with zero attached hydrogens (tertiary/aromatic N) is 1. The number of aromatic nitrogens is 1. The molecule has 150 valence electrons. The molecule has 0 fully saturated rings. The summed E-state index contributed by atoms with van der Waals surface area (Å²) in [6, 6.07) is 15.3. The number of carbonyl (C=O) groups is 1. The summed E-state index contributed by atoms with van der Waals surface area (Å²) in [5.41, 5.74) is 4.00. The maximum atomic E-state index is 12.3. The van der Waals surface area contributed by atoms with Crippen LogP contribution in [0.3, 0.4) is 0 Å². The topological polar surface area (TPSA) is 73.6 Å². The Morgan fingerprint density at radius 3 is 2.59 bits per heavy atom. The molecule has 2 aromatic carbocycles. The third kappa shape index (κ3) is 4.59. The lowest BCUT2D eigenvalue weighted by Crippen LogP contribution is -2.28. The quantitative estimate of drug-likeness (QED) is 0.615. The van der Waals surface area contributed by atoms with Crippen LogP contribution in [-0.2, 0) is 12.8 Å². The Hall–Kier alpha value is -3.28. The number of amides is 1. The van der Waals surface area contributed by atoms with Crippen LogP contribution in [0, 0.1) is 0 Å². The lowest BCUT2D eigenvalue weighted by Gasteiger charge is -2.15. The summed E-state index contributed by atoms with van der Waals surface area (Å²) >= 11 is 0. The molecular weight excluding hydrogens is 368 g/mol. The van der Waals surface area contributed by atoms with Crippen molar-refractivity contribution < 1.29 is 18.8 Å². The van der Waals surface area contributed by atoms with Gasteiger partial charge < -0.3 is 19.3 Å². The third-order valence-electron chi connectivity index (χ3n) is 5.09. The van der Waals surface area contributed by atoms with Crippen molar-refractivity contribution in [3.05, 3.63) is 65.4 Å². The molecule has 29 heavy (non-hydrogen) atoms. The molecular formula is C23H24N2O4. The zero-order chi connectivity index (χ0) is 20.1. The molecule has 0 unspecified atom stereocenters. The lowest BCUT2D eigenvalue weighted by molar-refractivity contribution is 0.0938. The van der Waals surface area contributed by atoms with Gasteiger partial charge in [-0.2, -0.15) is 0 Å². The van der Waals surface area contributed by atoms with Crippen LogP contribution in [0.1, 0.15) is 34.5 Å². The summed E-state index contributed by atoms with van der Waals surface area (Å²) in [6.45, 7) is 0.722. The smallest absolute Gasteiger partial charge is 0.273 e. The van der Waals surface area contributed by atoms with Gasteiger partial charge in [0, 0.05) is 11.6 Å².